The summed E-state index contributed by atoms with van der Waals surface area (Å²) in [7, 11) is 0. The molecule has 3 heterocycles. The van der Waals surface area contributed by atoms with Crippen molar-refractivity contribution in [2.24, 2.45) is 0 Å². The van der Waals surface area contributed by atoms with Gasteiger partial charge in [0.25, 0.3) is 0 Å². The number of thioether (sulfide) groups is 1. The molecule has 1 aliphatic heterocycles. The molecule has 1 atom stereocenters. The average molecular weight is 550 g/mol. The first-order valence-electron chi connectivity index (χ1n) is 12.4. The van der Waals surface area contributed by atoms with Crippen molar-refractivity contribution in [3.05, 3.63) is 71.4 Å². The Morgan fingerprint density at radius 1 is 1.08 bits per heavy atom. The van der Waals surface area contributed by atoms with Gasteiger partial charge in [-0.15, -0.1) is 10.2 Å². The van der Waals surface area contributed by atoms with Crippen molar-refractivity contribution in [2.45, 2.75) is 37.1 Å². The molecule has 1 unspecified atom stereocenters. The van der Waals surface area contributed by atoms with Gasteiger partial charge in [0, 0.05) is 22.6 Å². The van der Waals surface area contributed by atoms with Crippen molar-refractivity contribution >= 4 is 35.0 Å². The maximum Gasteiger partial charge on any atom is 0.338 e. The van der Waals surface area contributed by atoms with Gasteiger partial charge in [0.2, 0.25) is 5.95 Å². The van der Waals surface area contributed by atoms with E-state index in [2.05, 4.69) is 38.0 Å². The van der Waals surface area contributed by atoms with E-state index in [1.54, 1.807) is 11.6 Å². The highest BCUT2D eigenvalue weighted by Gasteiger charge is 2.37. The Hall–Kier alpha value is -3.77. The Morgan fingerprint density at radius 2 is 1.89 bits per heavy atom. The lowest BCUT2D eigenvalue weighted by Crippen LogP contribution is -2.31. The zero-order chi connectivity index (χ0) is 26.3. The van der Waals surface area contributed by atoms with Gasteiger partial charge in [-0.2, -0.15) is 4.68 Å². The largest absolute Gasteiger partial charge is 0.493 e. The van der Waals surface area contributed by atoms with E-state index < -0.39 is 12.0 Å². The highest BCUT2D eigenvalue weighted by molar-refractivity contribution is 8.01. The smallest absolute Gasteiger partial charge is 0.338 e. The highest BCUT2D eigenvalue weighted by atomic mass is 32.2. The standard InChI is InChI=1S/C26H27N7O3S2/c1-3-5-15-36-20-14-10-9-13-18(20)22-21(24(34)35-4-2)19(27-25-29-31-32-33(22)25)16-37-26-30-28-23(38-26)17-11-7-6-8-12-17/h6-14,22H,3-5,15-16H2,1-2H3,(H,27,29,32). The molecule has 12 heteroatoms. The maximum atomic E-state index is 13.4. The Balaban J connectivity index is 1.50. The molecule has 0 spiro atoms. The molecule has 5 rings (SSSR count). The van der Waals surface area contributed by atoms with Gasteiger partial charge >= 0.3 is 5.97 Å². The van der Waals surface area contributed by atoms with Crippen molar-refractivity contribution < 1.29 is 14.3 Å². The van der Waals surface area contributed by atoms with E-state index in [4.69, 9.17) is 9.47 Å². The van der Waals surface area contributed by atoms with Crippen molar-refractivity contribution in [3.8, 4) is 16.3 Å². The molecule has 1 aliphatic rings. The summed E-state index contributed by atoms with van der Waals surface area (Å²) in [5.41, 5.74) is 2.88. The molecule has 0 fully saturated rings. The second kappa shape index (κ2) is 12.2. The Morgan fingerprint density at radius 3 is 2.71 bits per heavy atom. The maximum absolute atomic E-state index is 13.4. The number of unbranched alkanes of at least 4 members (excludes halogenated alkanes) is 1. The summed E-state index contributed by atoms with van der Waals surface area (Å²) in [6.45, 7) is 4.71. The number of hydrogen-bond donors (Lipinski definition) is 1. The van der Waals surface area contributed by atoms with Crippen molar-refractivity contribution in [1.29, 1.82) is 0 Å². The summed E-state index contributed by atoms with van der Waals surface area (Å²) >= 11 is 2.99. The zero-order valence-electron chi connectivity index (χ0n) is 21.0. The number of ether oxygens (including phenoxy) is 2. The minimum absolute atomic E-state index is 0.240. The van der Waals surface area contributed by atoms with E-state index in [-0.39, 0.29) is 6.61 Å². The van der Waals surface area contributed by atoms with Crippen LogP contribution in [-0.4, -0.2) is 55.3 Å². The molecule has 2 aromatic carbocycles. The summed E-state index contributed by atoms with van der Waals surface area (Å²) in [5, 5.41) is 25.0. The third kappa shape index (κ3) is 5.55. The molecule has 0 aliphatic carbocycles. The number of nitrogens with one attached hydrogen (secondary N) is 1. The van der Waals surface area contributed by atoms with Crippen LogP contribution in [-0.2, 0) is 9.53 Å². The van der Waals surface area contributed by atoms with Crippen molar-refractivity contribution in [3.63, 3.8) is 0 Å². The van der Waals surface area contributed by atoms with Gasteiger partial charge in [0.1, 0.15) is 16.8 Å². The number of nitrogens with zero attached hydrogens (tertiary/aromatic N) is 6. The van der Waals surface area contributed by atoms with Gasteiger partial charge < -0.3 is 14.8 Å². The Labute approximate surface area is 228 Å². The second-order valence-corrected chi connectivity index (χ2v) is 10.6. The topological polar surface area (TPSA) is 117 Å². The van der Waals surface area contributed by atoms with Crippen LogP contribution in [0.25, 0.3) is 10.6 Å². The molecule has 0 saturated heterocycles. The third-order valence-electron chi connectivity index (χ3n) is 5.83. The van der Waals surface area contributed by atoms with E-state index in [1.807, 2.05) is 54.6 Å². The van der Waals surface area contributed by atoms with E-state index in [1.165, 1.54) is 23.1 Å². The number of aromatic nitrogens is 6. The van der Waals surface area contributed by atoms with Crippen LogP contribution in [0.15, 0.2) is 70.2 Å². The fraction of sp³-hybridized carbons (Fsp3) is 0.308. The van der Waals surface area contributed by atoms with Crippen LogP contribution in [0, 0.1) is 0 Å². The number of anilines is 1. The number of esters is 1. The SMILES string of the molecule is CCCCOc1ccccc1C1C(C(=O)OCC)=C(CSc2nnc(-c3ccccc3)s2)Nc2nnnn21. The fourth-order valence-corrected chi connectivity index (χ4v) is 5.87. The van der Waals surface area contributed by atoms with Crippen LogP contribution in [0.5, 0.6) is 5.75 Å². The zero-order valence-corrected chi connectivity index (χ0v) is 22.7. The summed E-state index contributed by atoms with van der Waals surface area (Å²) in [5.74, 6) is 1.09. The van der Waals surface area contributed by atoms with Crippen LogP contribution in [0.4, 0.5) is 5.95 Å². The summed E-state index contributed by atoms with van der Waals surface area (Å²) < 4.78 is 14.0. The van der Waals surface area contributed by atoms with Crippen LogP contribution >= 0.6 is 23.1 Å². The molecule has 38 heavy (non-hydrogen) atoms. The van der Waals surface area contributed by atoms with E-state index in [0.717, 1.165) is 33.3 Å². The number of rotatable bonds is 11. The lowest BCUT2D eigenvalue weighted by atomic mass is 9.95. The van der Waals surface area contributed by atoms with E-state index in [0.29, 0.717) is 35.3 Å². The predicted octanol–water partition coefficient (Wildman–Crippen LogP) is 4.99. The number of para-hydroxylation sites is 1. The van der Waals surface area contributed by atoms with Crippen LogP contribution < -0.4 is 10.1 Å². The number of carbonyl (C=O) groups is 1. The van der Waals surface area contributed by atoms with E-state index >= 15 is 0 Å². The Kier molecular flexibility index (Phi) is 8.29. The molecular formula is C26H27N7O3S2. The van der Waals surface area contributed by atoms with Gasteiger partial charge in [0.05, 0.1) is 18.8 Å². The molecule has 0 radical (unpaired) electrons. The summed E-state index contributed by atoms with van der Waals surface area (Å²) in [6.07, 6.45) is 1.94. The molecular weight excluding hydrogens is 522 g/mol. The number of carbonyl (C=O) groups excluding carboxylic acids is 1. The van der Waals surface area contributed by atoms with Gasteiger partial charge in [-0.05, 0) is 29.8 Å². The number of tetrazole rings is 1. The first kappa shape index (κ1) is 25.9. The minimum atomic E-state index is -0.622. The van der Waals surface area contributed by atoms with Gasteiger partial charge in [-0.3, -0.25) is 0 Å². The summed E-state index contributed by atoms with van der Waals surface area (Å²) in [6, 6.07) is 17.0. The first-order chi connectivity index (χ1) is 18.7. The number of benzene rings is 2. The first-order valence-corrected chi connectivity index (χ1v) is 14.2. The Bertz CT molecular complexity index is 1420. The molecule has 10 nitrogen and oxygen atoms in total. The third-order valence-corrected chi connectivity index (χ3v) is 7.96. The lowest BCUT2D eigenvalue weighted by molar-refractivity contribution is -0.139. The van der Waals surface area contributed by atoms with Gasteiger partial charge in [0.15, 0.2) is 4.34 Å². The predicted molar refractivity (Wildman–Crippen MR) is 146 cm³/mol. The number of fused-ring (bicyclic) bond motifs is 1. The molecule has 0 saturated carbocycles. The lowest BCUT2D eigenvalue weighted by Gasteiger charge is -2.29. The quantitative estimate of drug-likeness (QED) is 0.156. The molecule has 1 N–H and O–H groups in total. The van der Waals surface area contributed by atoms with Gasteiger partial charge in [-0.1, -0.05) is 90.1 Å². The summed E-state index contributed by atoms with van der Waals surface area (Å²) in [4.78, 5) is 13.4. The molecule has 0 bridgehead atoms. The van der Waals surface area contributed by atoms with Crippen molar-refractivity contribution in [2.75, 3.05) is 24.3 Å². The van der Waals surface area contributed by atoms with Gasteiger partial charge in [-0.25, -0.2) is 4.79 Å². The van der Waals surface area contributed by atoms with Crippen LogP contribution in [0.2, 0.25) is 0 Å². The molecule has 0 amide bonds. The average Bonchev–Trinajstić information content (AvgIpc) is 3.62. The monoisotopic (exact) mass is 549 g/mol. The normalized spacial score (nSPS) is 14.6. The second-order valence-electron chi connectivity index (χ2n) is 8.35. The van der Waals surface area contributed by atoms with Crippen LogP contribution in [0.3, 0.4) is 0 Å². The molecule has 4 aromatic rings. The fourth-order valence-electron chi connectivity index (χ4n) is 4.05. The van der Waals surface area contributed by atoms with Crippen LogP contribution in [0.1, 0.15) is 38.3 Å². The minimum Gasteiger partial charge on any atom is -0.493 e. The molecule has 2 aromatic heterocycles. The number of hydrogen-bond acceptors (Lipinski definition) is 11. The molecule has 196 valence electrons. The van der Waals surface area contributed by atoms with Crippen molar-refractivity contribution in [1.82, 2.24) is 30.4 Å². The van der Waals surface area contributed by atoms with E-state index in [9.17, 15) is 4.79 Å². The highest BCUT2D eigenvalue weighted by Crippen LogP contribution is 2.40.